The van der Waals surface area contributed by atoms with Gasteiger partial charge in [-0.15, -0.1) is 0 Å². The fourth-order valence-corrected chi connectivity index (χ4v) is 7.04. The molecule has 0 fully saturated rings. The minimum atomic E-state index is -0.776. The molecule has 0 aliphatic rings. The standard InChI is InChI=1S/C52H94O6/c1-4-7-10-13-16-19-21-23-25-26-27-28-30-31-33-36-39-42-45-51(54)57-48-49(47-56-50(53)44-41-38-35-18-15-12-9-6-3)58-52(55)46-43-40-37-34-32-29-24-22-20-17-14-11-8-5-2/h14,17,22,24-26,49H,4-13,15-16,18-21,23,27-48H2,1-3H3/b17-14-,24-22-,26-25-. The molecule has 0 aromatic carbocycles. The third-order valence-corrected chi connectivity index (χ3v) is 10.9. The maximum Gasteiger partial charge on any atom is 0.306 e. The van der Waals surface area contributed by atoms with Gasteiger partial charge in [0.25, 0.3) is 0 Å². The van der Waals surface area contributed by atoms with Crippen LogP contribution in [-0.2, 0) is 28.6 Å². The topological polar surface area (TPSA) is 78.9 Å². The van der Waals surface area contributed by atoms with Crippen LogP contribution in [0.5, 0.6) is 0 Å². The van der Waals surface area contributed by atoms with Gasteiger partial charge in [0.05, 0.1) is 0 Å². The molecule has 0 bridgehead atoms. The van der Waals surface area contributed by atoms with E-state index in [0.717, 1.165) is 83.5 Å². The quantitative estimate of drug-likeness (QED) is 0.0264. The van der Waals surface area contributed by atoms with Crippen LogP contribution in [0.15, 0.2) is 36.5 Å². The molecule has 0 amide bonds. The van der Waals surface area contributed by atoms with Crippen molar-refractivity contribution in [2.24, 2.45) is 0 Å². The predicted molar refractivity (Wildman–Crippen MR) is 247 cm³/mol. The second-order valence-corrected chi connectivity index (χ2v) is 16.7. The van der Waals surface area contributed by atoms with Crippen LogP contribution in [0, 0.1) is 0 Å². The summed E-state index contributed by atoms with van der Waals surface area (Å²) < 4.78 is 16.7. The van der Waals surface area contributed by atoms with E-state index in [-0.39, 0.29) is 31.1 Å². The molecule has 338 valence electrons. The summed E-state index contributed by atoms with van der Waals surface area (Å²) >= 11 is 0. The summed E-state index contributed by atoms with van der Waals surface area (Å²) in [6, 6.07) is 0. The SMILES string of the molecule is CCCC/C=C\C/C=C\CCCCCCCC(=O)OC(COC(=O)CCCCCCCCCC)COC(=O)CCCCCCCCC/C=C\CCCCCCCCC. The van der Waals surface area contributed by atoms with Gasteiger partial charge in [-0.25, -0.2) is 0 Å². The Morgan fingerprint density at radius 3 is 1.02 bits per heavy atom. The van der Waals surface area contributed by atoms with Crippen molar-refractivity contribution in [3.8, 4) is 0 Å². The van der Waals surface area contributed by atoms with Gasteiger partial charge in [-0.1, -0.05) is 205 Å². The Bertz CT molecular complexity index is 984. The van der Waals surface area contributed by atoms with E-state index >= 15 is 0 Å². The van der Waals surface area contributed by atoms with Gasteiger partial charge in [0.2, 0.25) is 0 Å². The Labute approximate surface area is 359 Å². The molecule has 58 heavy (non-hydrogen) atoms. The molecule has 0 heterocycles. The molecule has 1 atom stereocenters. The lowest BCUT2D eigenvalue weighted by Gasteiger charge is -2.18. The van der Waals surface area contributed by atoms with Crippen molar-refractivity contribution in [1.82, 2.24) is 0 Å². The molecule has 0 aliphatic heterocycles. The van der Waals surface area contributed by atoms with Crippen LogP contribution in [0.4, 0.5) is 0 Å². The predicted octanol–water partition coefficient (Wildman–Crippen LogP) is 16.1. The van der Waals surface area contributed by atoms with E-state index in [9.17, 15) is 14.4 Å². The molecule has 0 aromatic heterocycles. The first-order valence-corrected chi connectivity index (χ1v) is 25.0. The van der Waals surface area contributed by atoms with Gasteiger partial charge in [0.1, 0.15) is 13.2 Å². The third kappa shape index (κ3) is 44.7. The number of hydrogen-bond donors (Lipinski definition) is 0. The lowest BCUT2D eigenvalue weighted by atomic mass is 10.1. The zero-order valence-electron chi connectivity index (χ0n) is 38.6. The van der Waals surface area contributed by atoms with Crippen molar-refractivity contribution in [1.29, 1.82) is 0 Å². The molecule has 0 saturated heterocycles. The number of hydrogen-bond acceptors (Lipinski definition) is 6. The monoisotopic (exact) mass is 815 g/mol. The van der Waals surface area contributed by atoms with Crippen molar-refractivity contribution < 1.29 is 28.6 Å². The van der Waals surface area contributed by atoms with E-state index in [1.807, 2.05) is 0 Å². The molecule has 0 aliphatic carbocycles. The van der Waals surface area contributed by atoms with Crippen LogP contribution in [0.1, 0.15) is 258 Å². The lowest BCUT2D eigenvalue weighted by molar-refractivity contribution is -0.167. The van der Waals surface area contributed by atoms with Gasteiger partial charge in [-0.2, -0.15) is 0 Å². The van der Waals surface area contributed by atoms with Crippen LogP contribution in [0.2, 0.25) is 0 Å². The highest BCUT2D eigenvalue weighted by Gasteiger charge is 2.19. The maximum atomic E-state index is 12.7. The summed E-state index contributed by atoms with van der Waals surface area (Å²) in [7, 11) is 0. The van der Waals surface area contributed by atoms with Crippen LogP contribution < -0.4 is 0 Å². The number of allylic oxidation sites excluding steroid dienone is 6. The zero-order valence-corrected chi connectivity index (χ0v) is 38.6. The van der Waals surface area contributed by atoms with Crippen molar-refractivity contribution in [3.05, 3.63) is 36.5 Å². The number of rotatable bonds is 45. The van der Waals surface area contributed by atoms with E-state index in [1.165, 1.54) is 135 Å². The van der Waals surface area contributed by atoms with Crippen LogP contribution in [-0.4, -0.2) is 37.2 Å². The van der Waals surface area contributed by atoms with Gasteiger partial charge in [-0.3, -0.25) is 14.4 Å². The van der Waals surface area contributed by atoms with E-state index < -0.39 is 6.10 Å². The number of unbranched alkanes of at least 4 members (excludes halogenated alkanes) is 28. The third-order valence-electron chi connectivity index (χ3n) is 10.9. The van der Waals surface area contributed by atoms with E-state index in [2.05, 4.69) is 57.2 Å². The average molecular weight is 815 g/mol. The largest absolute Gasteiger partial charge is 0.462 e. The van der Waals surface area contributed by atoms with Crippen molar-refractivity contribution >= 4 is 17.9 Å². The first kappa shape index (κ1) is 55.6. The van der Waals surface area contributed by atoms with E-state index in [4.69, 9.17) is 14.2 Å². The molecule has 6 nitrogen and oxygen atoms in total. The average Bonchev–Trinajstić information content (AvgIpc) is 3.22. The Morgan fingerprint density at radius 1 is 0.345 bits per heavy atom. The van der Waals surface area contributed by atoms with E-state index in [0.29, 0.717) is 19.3 Å². The molecule has 0 N–H and O–H groups in total. The highest BCUT2D eigenvalue weighted by atomic mass is 16.6. The van der Waals surface area contributed by atoms with Gasteiger partial charge in [0.15, 0.2) is 6.10 Å². The van der Waals surface area contributed by atoms with Gasteiger partial charge in [0, 0.05) is 19.3 Å². The Morgan fingerprint density at radius 2 is 0.638 bits per heavy atom. The Hall–Kier alpha value is -2.37. The number of esters is 3. The molecule has 0 spiro atoms. The highest BCUT2D eigenvalue weighted by Crippen LogP contribution is 2.14. The molecule has 0 rings (SSSR count). The van der Waals surface area contributed by atoms with Crippen molar-refractivity contribution in [2.75, 3.05) is 13.2 Å². The summed E-state index contributed by atoms with van der Waals surface area (Å²) in [5, 5.41) is 0. The van der Waals surface area contributed by atoms with Crippen LogP contribution in [0.25, 0.3) is 0 Å². The molecule has 1 unspecified atom stereocenters. The van der Waals surface area contributed by atoms with E-state index in [1.54, 1.807) is 0 Å². The Balaban J connectivity index is 4.29. The lowest BCUT2D eigenvalue weighted by Crippen LogP contribution is -2.30. The first-order chi connectivity index (χ1) is 28.5. The normalized spacial score (nSPS) is 12.3. The molecule has 0 aromatic rings. The fourth-order valence-electron chi connectivity index (χ4n) is 7.04. The summed E-state index contributed by atoms with van der Waals surface area (Å²) in [6.45, 7) is 6.56. The van der Waals surface area contributed by atoms with Crippen LogP contribution >= 0.6 is 0 Å². The highest BCUT2D eigenvalue weighted by molar-refractivity contribution is 5.71. The van der Waals surface area contributed by atoms with Crippen molar-refractivity contribution in [3.63, 3.8) is 0 Å². The zero-order chi connectivity index (χ0) is 42.3. The van der Waals surface area contributed by atoms with Crippen molar-refractivity contribution in [2.45, 2.75) is 264 Å². The summed E-state index contributed by atoms with van der Waals surface area (Å²) in [5.41, 5.74) is 0. The first-order valence-electron chi connectivity index (χ1n) is 25.0. The molecular formula is C52H94O6. The summed E-state index contributed by atoms with van der Waals surface area (Å²) in [4.78, 5) is 37.8. The molecule has 0 radical (unpaired) electrons. The maximum absolute atomic E-state index is 12.7. The second kappa shape index (κ2) is 47.3. The van der Waals surface area contributed by atoms with Gasteiger partial charge >= 0.3 is 17.9 Å². The number of carbonyl (C=O) groups is 3. The molecule has 0 saturated carbocycles. The number of carbonyl (C=O) groups excluding carboxylic acids is 3. The number of ether oxygens (including phenoxy) is 3. The minimum Gasteiger partial charge on any atom is -0.462 e. The van der Waals surface area contributed by atoms with Crippen LogP contribution in [0.3, 0.4) is 0 Å². The smallest absolute Gasteiger partial charge is 0.306 e. The second-order valence-electron chi connectivity index (χ2n) is 16.7. The summed E-state index contributed by atoms with van der Waals surface area (Å²) in [6.07, 6.45) is 54.2. The fraction of sp³-hybridized carbons (Fsp3) is 0.827. The minimum absolute atomic E-state index is 0.0775. The van der Waals surface area contributed by atoms with Gasteiger partial charge in [-0.05, 0) is 70.6 Å². The Kier molecular flexibility index (Phi) is 45.4. The molecular weight excluding hydrogens is 721 g/mol. The summed E-state index contributed by atoms with van der Waals surface area (Å²) in [5.74, 6) is -0.894. The van der Waals surface area contributed by atoms with Gasteiger partial charge < -0.3 is 14.2 Å². The molecule has 6 heteroatoms.